The minimum Gasteiger partial charge on any atom is -0.477 e. The molecular weight excluding hydrogens is 184 g/mol. The van der Waals surface area contributed by atoms with E-state index in [9.17, 15) is 9.59 Å². The first kappa shape index (κ1) is 13.3. The molecular formula is C7H9ClO4. The zero-order valence-electron chi connectivity index (χ0n) is 6.54. The lowest BCUT2D eigenvalue weighted by Crippen LogP contribution is -1.91. The van der Waals surface area contributed by atoms with E-state index in [4.69, 9.17) is 16.7 Å². The fourth-order valence-corrected chi connectivity index (χ4v) is 0.0833. The molecule has 0 atom stereocenters. The van der Waals surface area contributed by atoms with E-state index in [0.717, 1.165) is 6.08 Å². The van der Waals surface area contributed by atoms with Crippen LogP contribution < -0.4 is 0 Å². The smallest absolute Gasteiger partial charge is 0.346 e. The molecule has 0 aliphatic rings. The number of carbonyl (C=O) groups is 2. The van der Waals surface area contributed by atoms with Crippen molar-refractivity contribution in [3.05, 3.63) is 24.3 Å². The number of carboxylic acid groups (broad SMARTS) is 1. The van der Waals surface area contributed by atoms with Gasteiger partial charge in [-0.05, 0) is 0 Å². The van der Waals surface area contributed by atoms with Crippen LogP contribution in [0.1, 0.15) is 0 Å². The second kappa shape index (κ2) is 7.81. The lowest BCUT2D eigenvalue weighted by molar-refractivity contribution is -0.135. The van der Waals surface area contributed by atoms with Crippen LogP contribution >= 0.6 is 11.6 Å². The van der Waals surface area contributed by atoms with Gasteiger partial charge in [0.1, 0.15) is 5.03 Å². The third-order valence-corrected chi connectivity index (χ3v) is 0.762. The molecule has 0 aliphatic carbocycles. The van der Waals surface area contributed by atoms with Crippen LogP contribution in [-0.4, -0.2) is 24.2 Å². The SMILES string of the molecule is C=C(Cl)C(=O)O.C=CC(=O)OC. The Bertz CT molecular complexity index is 183. The van der Waals surface area contributed by atoms with E-state index >= 15 is 0 Å². The first-order chi connectivity index (χ1) is 5.45. The van der Waals surface area contributed by atoms with Crippen LogP contribution in [0, 0.1) is 0 Å². The molecule has 0 fully saturated rings. The number of hydrogen-bond donors (Lipinski definition) is 1. The highest BCUT2D eigenvalue weighted by Gasteiger charge is 1.93. The van der Waals surface area contributed by atoms with Crippen LogP contribution in [0.25, 0.3) is 0 Å². The molecule has 4 nitrogen and oxygen atoms in total. The number of halogens is 1. The van der Waals surface area contributed by atoms with Crippen molar-refractivity contribution in [2.45, 2.75) is 0 Å². The maximum atomic E-state index is 9.84. The molecule has 0 aliphatic heterocycles. The van der Waals surface area contributed by atoms with Crippen molar-refractivity contribution in [3.63, 3.8) is 0 Å². The van der Waals surface area contributed by atoms with Gasteiger partial charge in [-0.1, -0.05) is 24.8 Å². The van der Waals surface area contributed by atoms with E-state index in [-0.39, 0.29) is 5.03 Å². The average Bonchev–Trinajstić information content (AvgIpc) is 2.04. The normalized spacial score (nSPS) is 7.17. The second-order valence-corrected chi connectivity index (χ2v) is 1.89. The Labute approximate surface area is 75.1 Å². The van der Waals surface area contributed by atoms with Crippen molar-refractivity contribution in [2.75, 3.05) is 7.11 Å². The summed E-state index contributed by atoms with van der Waals surface area (Å²) in [7, 11) is 1.31. The summed E-state index contributed by atoms with van der Waals surface area (Å²) in [4.78, 5) is 19.3. The van der Waals surface area contributed by atoms with Crippen molar-refractivity contribution in [1.29, 1.82) is 0 Å². The summed E-state index contributed by atoms with van der Waals surface area (Å²) in [5, 5.41) is 7.41. The number of ether oxygens (including phenoxy) is 1. The van der Waals surface area contributed by atoms with Gasteiger partial charge in [-0.25, -0.2) is 9.59 Å². The molecule has 0 aromatic rings. The zero-order valence-corrected chi connectivity index (χ0v) is 7.30. The summed E-state index contributed by atoms with van der Waals surface area (Å²) in [5.74, 6) is -1.56. The molecule has 0 saturated carbocycles. The Morgan fingerprint density at radius 1 is 1.58 bits per heavy atom. The molecule has 12 heavy (non-hydrogen) atoms. The molecule has 0 aromatic carbocycles. The Hall–Kier alpha value is -1.29. The largest absolute Gasteiger partial charge is 0.477 e. The predicted octanol–water partition coefficient (Wildman–Crippen LogP) is 1.17. The van der Waals surface area contributed by atoms with Gasteiger partial charge in [-0.15, -0.1) is 0 Å². The first-order valence-electron chi connectivity index (χ1n) is 2.73. The second-order valence-electron chi connectivity index (χ2n) is 1.44. The van der Waals surface area contributed by atoms with E-state index in [2.05, 4.69) is 17.9 Å². The van der Waals surface area contributed by atoms with E-state index in [1.807, 2.05) is 0 Å². The van der Waals surface area contributed by atoms with Crippen LogP contribution in [0.15, 0.2) is 24.3 Å². The van der Waals surface area contributed by atoms with Gasteiger partial charge in [0.25, 0.3) is 0 Å². The third kappa shape index (κ3) is 11.5. The molecule has 0 rings (SSSR count). The molecule has 0 radical (unpaired) electrons. The van der Waals surface area contributed by atoms with Crippen LogP contribution in [-0.2, 0) is 14.3 Å². The number of carbonyl (C=O) groups excluding carboxylic acids is 1. The molecule has 1 N–H and O–H groups in total. The fraction of sp³-hybridized carbons (Fsp3) is 0.143. The molecule has 5 heteroatoms. The van der Waals surface area contributed by atoms with Gasteiger partial charge >= 0.3 is 11.9 Å². The summed E-state index contributed by atoms with van der Waals surface area (Å²) < 4.78 is 4.14. The highest BCUT2D eigenvalue weighted by Crippen LogP contribution is 1.92. The Kier molecular flexibility index (Phi) is 8.67. The fourth-order valence-electron chi connectivity index (χ4n) is 0.0833. The quantitative estimate of drug-likeness (QED) is 0.527. The van der Waals surface area contributed by atoms with Crippen molar-refractivity contribution in [3.8, 4) is 0 Å². The van der Waals surface area contributed by atoms with Crippen LogP contribution in [0.2, 0.25) is 0 Å². The standard InChI is InChI=1S/C4H6O2.C3H3ClO2/c1-3-4(5)6-2;1-2(4)3(5)6/h3H,1H2,2H3;1H2,(H,5,6). The summed E-state index contributed by atoms with van der Waals surface area (Å²) in [6, 6.07) is 0. The molecule has 0 heterocycles. The molecule has 0 bridgehead atoms. The van der Waals surface area contributed by atoms with Crippen LogP contribution in [0.3, 0.4) is 0 Å². The van der Waals surface area contributed by atoms with Gasteiger partial charge in [0, 0.05) is 6.08 Å². The van der Waals surface area contributed by atoms with Gasteiger partial charge in [0.15, 0.2) is 0 Å². The molecule has 0 saturated heterocycles. The number of aliphatic carboxylic acids is 1. The Balaban J connectivity index is 0. The van der Waals surface area contributed by atoms with E-state index < -0.39 is 11.9 Å². The van der Waals surface area contributed by atoms with Gasteiger partial charge in [-0.2, -0.15) is 0 Å². The van der Waals surface area contributed by atoms with Gasteiger partial charge in [0.2, 0.25) is 0 Å². The molecule has 0 spiro atoms. The topological polar surface area (TPSA) is 63.6 Å². The summed E-state index contributed by atoms with van der Waals surface area (Å²) in [6.07, 6.45) is 1.11. The number of methoxy groups -OCH3 is 1. The first-order valence-corrected chi connectivity index (χ1v) is 3.11. The van der Waals surface area contributed by atoms with Gasteiger partial charge in [-0.3, -0.25) is 0 Å². The number of carboxylic acids is 1. The summed E-state index contributed by atoms with van der Waals surface area (Å²) >= 11 is 4.82. The van der Waals surface area contributed by atoms with Crippen molar-refractivity contribution >= 4 is 23.5 Å². The number of esters is 1. The van der Waals surface area contributed by atoms with Gasteiger partial charge in [0.05, 0.1) is 7.11 Å². The number of hydrogen-bond acceptors (Lipinski definition) is 3. The van der Waals surface area contributed by atoms with Gasteiger partial charge < -0.3 is 9.84 Å². The maximum Gasteiger partial charge on any atom is 0.346 e. The monoisotopic (exact) mass is 192 g/mol. The van der Waals surface area contributed by atoms with E-state index in [0.29, 0.717) is 0 Å². The van der Waals surface area contributed by atoms with Crippen LogP contribution in [0.5, 0.6) is 0 Å². The van der Waals surface area contributed by atoms with Crippen LogP contribution in [0.4, 0.5) is 0 Å². The minimum atomic E-state index is -1.17. The number of rotatable bonds is 2. The summed E-state index contributed by atoms with van der Waals surface area (Å²) in [6.45, 7) is 6.08. The highest BCUT2D eigenvalue weighted by molar-refractivity contribution is 6.40. The molecule has 0 unspecified atom stereocenters. The van der Waals surface area contributed by atoms with E-state index in [1.165, 1.54) is 7.11 Å². The average molecular weight is 193 g/mol. The van der Waals surface area contributed by atoms with Crippen molar-refractivity contribution < 1.29 is 19.4 Å². The van der Waals surface area contributed by atoms with E-state index in [1.54, 1.807) is 0 Å². The molecule has 0 amide bonds. The molecule has 0 aromatic heterocycles. The lowest BCUT2D eigenvalue weighted by atomic mass is 10.7. The Morgan fingerprint density at radius 3 is 1.92 bits per heavy atom. The Morgan fingerprint density at radius 2 is 1.92 bits per heavy atom. The van der Waals surface area contributed by atoms with Crippen molar-refractivity contribution in [2.24, 2.45) is 0 Å². The minimum absolute atomic E-state index is 0.352. The maximum absolute atomic E-state index is 9.84. The lowest BCUT2D eigenvalue weighted by Gasteiger charge is -1.83. The zero-order chi connectivity index (χ0) is 10.1. The predicted molar refractivity (Wildman–Crippen MR) is 44.8 cm³/mol. The van der Waals surface area contributed by atoms with Crippen molar-refractivity contribution in [1.82, 2.24) is 0 Å². The molecule has 68 valence electrons. The third-order valence-electron chi connectivity index (χ3n) is 0.600. The summed E-state index contributed by atoms with van der Waals surface area (Å²) in [5.41, 5.74) is 0. The highest BCUT2D eigenvalue weighted by atomic mass is 35.5.